The molecule has 0 aliphatic heterocycles. The van der Waals surface area contributed by atoms with Crippen LogP contribution in [0.4, 0.5) is 5.13 Å². The van der Waals surface area contributed by atoms with E-state index in [1.165, 1.54) is 39.9 Å². The first kappa shape index (κ1) is 20.0. The molecule has 0 atom stereocenters. The van der Waals surface area contributed by atoms with Crippen LogP contribution < -0.4 is 5.32 Å². The number of nitrogens with one attached hydrogen (secondary N) is 1. The van der Waals surface area contributed by atoms with Crippen LogP contribution in [0.25, 0.3) is 0 Å². The van der Waals surface area contributed by atoms with Crippen molar-refractivity contribution < 1.29 is 13.2 Å². The number of hydrogen-bond donors (Lipinski definition) is 1. The molecule has 2 rings (SSSR count). The number of rotatable bonds is 8. The molecule has 0 saturated heterocycles. The lowest BCUT2D eigenvalue weighted by atomic mass is 10.2. The smallest absolute Gasteiger partial charge is 0.257 e. The minimum Gasteiger partial charge on any atom is -0.296 e. The average molecular weight is 447 g/mol. The highest BCUT2D eigenvalue weighted by molar-refractivity contribution is 9.09. The largest absolute Gasteiger partial charge is 0.296 e. The minimum absolute atomic E-state index is 0.170. The van der Waals surface area contributed by atoms with E-state index in [1.54, 1.807) is 13.8 Å². The average Bonchev–Trinajstić information content (AvgIpc) is 3.03. The molecule has 25 heavy (non-hydrogen) atoms. The fourth-order valence-electron chi connectivity index (χ4n) is 2.15. The maximum atomic E-state index is 12.4. The highest BCUT2D eigenvalue weighted by Crippen LogP contribution is 2.19. The van der Waals surface area contributed by atoms with Crippen LogP contribution in [0.2, 0.25) is 0 Å². The van der Waals surface area contributed by atoms with Crippen molar-refractivity contribution in [2.45, 2.75) is 25.2 Å². The third-order valence-electron chi connectivity index (χ3n) is 3.46. The number of carbonyl (C=O) groups is 1. The van der Waals surface area contributed by atoms with Crippen molar-refractivity contribution in [2.75, 3.05) is 23.7 Å². The van der Waals surface area contributed by atoms with E-state index < -0.39 is 10.0 Å². The van der Waals surface area contributed by atoms with Crippen molar-refractivity contribution in [2.24, 2.45) is 0 Å². The zero-order valence-corrected chi connectivity index (χ0v) is 17.1. The quantitative estimate of drug-likeness (QED) is 0.629. The fraction of sp³-hybridized carbons (Fsp3) is 0.400. The summed E-state index contributed by atoms with van der Waals surface area (Å²) < 4.78 is 26.2. The molecular formula is C15H19BrN4O3S2. The van der Waals surface area contributed by atoms with E-state index in [2.05, 4.69) is 31.4 Å². The van der Waals surface area contributed by atoms with Gasteiger partial charge >= 0.3 is 0 Å². The molecule has 7 nitrogen and oxygen atoms in total. The fourth-order valence-corrected chi connectivity index (χ4v) is 4.98. The minimum atomic E-state index is -3.53. The number of hydrogen-bond acceptors (Lipinski definition) is 6. The maximum Gasteiger partial charge on any atom is 0.257 e. The van der Waals surface area contributed by atoms with Gasteiger partial charge in [-0.15, -0.1) is 10.2 Å². The second kappa shape index (κ2) is 8.84. The Hall–Kier alpha value is -1.36. The monoisotopic (exact) mass is 446 g/mol. The van der Waals surface area contributed by atoms with E-state index in [-0.39, 0.29) is 10.8 Å². The van der Waals surface area contributed by atoms with Crippen molar-refractivity contribution in [1.82, 2.24) is 14.5 Å². The summed E-state index contributed by atoms with van der Waals surface area (Å²) in [6, 6.07) is 5.87. The van der Waals surface area contributed by atoms with Gasteiger partial charge in [-0.25, -0.2) is 8.42 Å². The van der Waals surface area contributed by atoms with E-state index in [0.29, 0.717) is 23.8 Å². The molecule has 2 aromatic rings. The number of aryl methyl sites for hydroxylation is 1. The lowest BCUT2D eigenvalue weighted by Crippen LogP contribution is -2.30. The topological polar surface area (TPSA) is 92.3 Å². The van der Waals surface area contributed by atoms with Gasteiger partial charge in [0.1, 0.15) is 5.01 Å². The molecule has 1 heterocycles. The van der Waals surface area contributed by atoms with E-state index in [0.717, 1.165) is 16.8 Å². The Morgan fingerprint density at radius 1 is 1.20 bits per heavy atom. The number of carbonyl (C=O) groups excluding carboxylic acids is 1. The highest BCUT2D eigenvalue weighted by Gasteiger charge is 2.21. The summed E-state index contributed by atoms with van der Waals surface area (Å²) in [7, 11) is -3.53. The van der Waals surface area contributed by atoms with Crippen molar-refractivity contribution in [3.8, 4) is 0 Å². The van der Waals surface area contributed by atoms with Gasteiger partial charge in [0.15, 0.2) is 0 Å². The summed E-state index contributed by atoms with van der Waals surface area (Å²) in [4.78, 5) is 12.4. The second-order valence-electron chi connectivity index (χ2n) is 5.01. The van der Waals surface area contributed by atoms with Gasteiger partial charge in [-0.05, 0) is 24.3 Å². The molecular weight excluding hydrogens is 428 g/mol. The highest BCUT2D eigenvalue weighted by atomic mass is 79.9. The number of anilines is 1. The number of alkyl halides is 1. The Balaban J connectivity index is 2.12. The Bertz CT molecular complexity index is 818. The van der Waals surface area contributed by atoms with E-state index in [4.69, 9.17) is 0 Å². The Kier molecular flexibility index (Phi) is 7.05. The van der Waals surface area contributed by atoms with Gasteiger partial charge in [0, 0.05) is 30.4 Å². The number of amides is 1. The standard InChI is InChI=1S/C15H19BrN4O3S2/c1-3-20(4-2)25(22,23)12-7-5-11(6-8-12)14(21)17-15-19-18-13(24-15)9-10-16/h5-8H,3-4,9-10H2,1-2H3,(H,17,19,21). The molecule has 0 radical (unpaired) electrons. The maximum absolute atomic E-state index is 12.4. The van der Waals surface area contributed by atoms with Crippen LogP contribution in [0.3, 0.4) is 0 Å². The van der Waals surface area contributed by atoms with Crippen molar-refractivity contribution >= 4 is 48.3 Å². The number of halogens is 1. The van der Waals surface area contributed by atoms with E-state index in [1.807, 2.05) is 0 Å². The molecule has 0 unspecified atom stereocenters. The predicted molar refractivity (Wildman–Crippen MR) is 102 cm³/mol. The van der Waals surface area contributed by atoms with Crippen LogP contribution in [-0.2, 0) is 16.4 Å². The van der Waals surface area contributed by atoms with Gasteiger partial charge in [-0.3, -0.25) is 10.1 Å². The number of nitrogens with zero attached hydrogens (tertiary/aromatic N) is 3. The normalized spacial score (nSPS) is 11.7. The zero-order chi connectivity index (χ0) is 18.4. The third kappa shape index (κ3) is 4.84. The van der Waals surface area contributed by atoms with Crippen LogP contribution in [0.1, 0.15) is 29.2 Å². The van der Waals surface area contributed by atoms with E-state index in [9.17, 15) is 13.2 Å². The number of benzene rings is 1. The van der Waals surface area contributed by atoms with Gasteiger partial charge in [0.05, 0.1) is 4.90 Å². The van der Waals surface area contributed by atoms with Crippen molar-refractivity contribution in [3.63, 3.8) is 0 Å². The molecule has 0 fully saturated rings. The molecule has 10 heteroatoms. The first-order valence-electron chi connectivity index (χ1n) is 7.72. The number of aromatic nitrogens is 2. The van der Waals surface area contributed by atoms with Crippen LogP contribution in [0, 0.1) is 0 Å². The third-order valence-corrected chi connectivity index (χ3v) is 6.81. The van der Waals surface area contributed by atoms with Crippen LogP contribution in [-0.4, -0.2) is 47.2 Å². The van der Waals surface area contributed by atoms with Crippen LogP contribution in [0.5, 0.6) is 0 Å². The lowest BCUT2D eigenvalue weighted by molar-refractivity contribution is 0.102. The summed E-state index contributed by atoms with van der Waals surface area (Å²) >= 11 is 4.64. The molecule has 1 aromatic heterocycles. The molecule has 1 amide bonds. The van der Waals surface area contributed by atoms with Gasteiger partial charge in [0.2, 0.25) is 15.2 Å². The van der Waals surface area contributed by atoms with Gasteiger partial charge in [-0.1, -0.05) is 41.1 Å². The van der Waals surface area contributed by atoms with Crippen molar-refractivity contribution in [3.05, 3.63) is 34.8 Å². The molecule has 0 aliphatic carbocycles. The first-order valence-corrected chi connectivity index (χ1v) is 11.1. The molecule has 0 saturated carbocycles. The summed E-state index contributed by atoms with van der Waals surface area (Å²) in [5, 5.41) is 12.6. The van der Waals surface area contributed by atoms with Crippen LogP contribution in [0.15, 0.2) is 29.2 Å². The van der Waals surface area contributed by atoms with Gasteiger partial charge < -0.3 is 0 Å². The predicted octanol–water partition coefficient (Wildman–Crippen LogP) is 2.76. The molecule has 0 spiro atoms. The Morgan fingerprint density at radius 3 is 2.40 bits per heavy atom. The zero-order valence-electron chi connectivity index (χ0n) is 13.9. The molecule has 0 bridgehead atoms. The summed E-state index contributed by atoms with van der Waals surface area (Å²) in [5.41, 5.74) is 0.357. The van der Waals surface area contributed by atoms with Gasteiger partial charge in [-0.2, -0.15) is 4.31 Å². The second-order valence-corrected chi connectivity index (χ2v) is 8.80. The molecule has 0 aliphatic rings. The van der Waals surface area contributed by atoms with Crippen LogP contribution >= 0.6 is 27.3 Å². The Labute approximate surface area is 159 Å². The summed E-state index contributed by atoms with van der Waals surface area (Å²) in [6.45, 7) is 4.37. The van der Waals surface area contributed by atoms with Gasteiger partial charge in [0.25, 0.3) is 5.91 Å². The van der Waals surface area contributed by atoms with Crippen molar-refractivity contribution in [1.29, 1.82) is 0 Å². The first-order chi connectivity index (χ1) is 11.9. The summed E-state index contributed by atoms with van der Waals surface area (Å²) in [5.74, 6) is -0.353. The SMILES string of the molecule is CCN(CC)S(=O)(=O)c1ccc(C(=O)Nc2nnc(CCBr)s2)cc1. The molecule has 1 N–H and O–H groups in total. The lowest BCUT2D eigenvalue weighted by Gasteiger charge is -2.18. The van der Waals surface area contributed by atoms with E-state index >= 15 is 0 Å². The molecule has 136 valence electrons. The summed E-state index contributed by atoms with van der Waals surface area (Å²) in [6.07, 6.45) is 0.742. The number of sulfonamides is 1. The molecule has 1 aromatic carbocycles. The Morgan fingerprint density at radius 2 is 1.84 bits per heavy atom.